The van der Waals surface area contributed by atoms with Gasteiger partial charge in [0.05, 0.1) is 29.7 Å². The van der Waals surface area contributed by atoms with E-state index >= 15 is 0 Å². The van der Waals surface area contributed by atoms with Crippen LogP contribution in [-0.2, 0) is 14.3 Å². The summed E-state index contributed by atoms with van der Waals surface area (Å²) in [5.74, 6) is -0.943. The molecule has 1 aliphatic rings. The minimum Gasteiger partial charge on any atom is -0.452 e. The predicted molar refractivity (Wildman–Crippen MR) is 122 cm³/mol. The number of ether oxygens (including phenoxy) is 1. The first-order valence-electron chi connectivity index (χ1n) is 9.99. The lowest BCUT2D eigenvalue weighted by molar-refractivity contribution is -0.143. The molecule has 3 aromatic rings. The van der Waals surface area contributed by atoms with Crippen molar-refractivity contribution in [3.05, 3.63) is 59.4 Å². The number of ketones is 1. The Hall–Kier alpha value is -3.65. The number of rotatable bonds is 4. The van der Waals surface area contributed by atoms with Gasteiger partial charge in [0.15, 0.2) is 0 Å². The van der Waals surface area contributed by atoms with E-state index in [1.165, 1.54) is 23.8 Å². The number of halogens is 1. The fourth-order valence-electron chi connectivity index (χ4n) is 3.77. The van der Waals surface area contributed by atoms with Gasteiger partial charge in [0, 0.05) is 37.2 Å². The summed E-state index contributed by atoms with van der Waals surface area (Å²) in [6.45, 7) is 2.10. The van der Waals surface area contributed by atoms with Gasteiger partial charge in [-0.05, 0) is 30.2 Å². The average molecular weight is 453 g/mol. The smallest absolute Gasteiger partial charge is 0.418 e. The summed E-state index contributed by atoms with van der Waals surface area (Å²) < 4.78 is 4.99. The Kier molecular flexibility index (Phi) is 5.96. The van der Waals surface area contributed by atoms with Crippen molar-refractivity contribution in [2.24, 2.45) is 0 Å². The minimum atomic E-state index is -0.591. The fraction of sp³-hybridized carbons (Fsp3) is 0.217. The monoisotopic (exact) mass is 452 g/mol. The average Bonchev–Trinajstić information content (AvgIpc) is 3.23. The number of hydrogen-bond acceptors (Lipinski definition) is 5. The number of fused-ring (bicyclic) bond motifs is 1. The minimum absolute atomic E-state index is 0.363. The SMILES string of the molecule is COC(=O)N(c1cnc2[nH]cc(C3=CCN(C(=O)C(C)=O)CC3)c2c1)c1ccccc1Cl. The Morgan fingerprint density at radius 2 is 2.03 bits per heavy atom. The highest BCUT2D eigenvalue weighted by Crippen LogP contribution is 2.35. The third kappa shape index (κ3) is 3.97. The number of anilines is 2. The van der Waals surface area contributed by atoms with Crippen LogP contribution in [0, 0.1) is 0 Å². The largest absolute Gasteiger partial charge is 0.452 e. The summed E-state index contributed by atoms with van der Waals surface area (Å²) in [6, 6.07) is 8.84. The summed E-state index contributed by atoms with van der Waals surface area (Å²) in [6.07, 6.45) is 5.37. The van der Waals surface area contributed by atoms with Crippen LogP contribution in [0.5, 0.6) is 0 Å². The molecule has 0 aliphatic carbocycles. The fourth-order valence-corrected chi connectivity index (χ4v) is 3.99. The molecule has 164 valence electrons. The standard InChI is InChI=1S/C23H21ClN4O4/c1-14(29)22(30)27-9-7-15(8-10-27)18-13-26-21-17(18)11-16(12-25-21)28(23(31)32-2)20-6-4-3-5-19(20)24/h3-7,11-13H,8-10H2,1-2H3,(H,25,26). The molecular formula is C23H21ClN4O4. The van der Waals surface area contributed by atoms with Gasteiger partial charge in [-0.15, -0.1) is 0 Å². The Labute approximate surface area is 189 Å². The zero-order chi connectivity index (χ0) is 22.8. The van der Waals surface area contributed by atoms with Gasteiger partial charge >= 0.3 is 6.09 Å². The molecular weight excluding hydrogens is 432 g/mol. The molecule has 2 aromatic heterocycles. The first-order chi connectivity index (χ1) is 15.4. The lowest BCUT2D eigenvalue weighted by Gasteiger charge is -2.25. The lowest BCUT2D eigenvalue weighted by Crippen LogP contribution is -2.38. The first-order valence-corrected chi connectivity index (χ1v) is 10.4. The van der Waals surface area contributed by atoms with E-state index in [4.69, 9.17) is 16.3 Å². The van der Waals surface area contributed by atoms with Crippen LogP contribution in [0.2, 0.25) is 5.02 Å². The van der Waals surface area contributed by atoms with Gasteiger partial charge < -0.3 is 14.6 Å². The third-order valence-electron chi connectivity index (χ3n) is 5.37. The van der Waals surface area contributed by atoms with Gasteiger partial charge in [-0.3, -0.25) is 9.59 Å². The molecule has 9 heteroatoms. The van der Waals surface area contributed by atoms with Crippen molar-refractivity contribution in [2.75, 3.05) is 25.1 Å². The molecule has 1 aromatic carbocycles. The number of aromatic nitrogens is 2. The summed E-state index contributed by atoms with van der Waals surface area (Å²) >= 11 is 6.34. The van der Waals surface area contributed by atoms with Gasteiger partial charge in [-0.2, -0.15) is 0 Å². The highest BCUT2D eigenvalue weighted by Gasteiger charge is 2.24. The Balaban J connectivity index is 1.73. The van der Waals surface area contributed by atoms with Crippen molar-refractivity contribution in [2.45, 2.75) is 13.3 Å². The molecule has 2 amide bonds. The lowest BCUT2D eigenvalue weighted by atomic mass is 9.99. The quantitative estimate of drug-likeness (QED) is 0.594. The molecule has 0 unspecified atom stereocenters. The van der Waals surface area contributed by atoms with Crippen LogP contribution in [0.4, 0.5) is 16.2 Å². The van der Waals surface area contributed by atoms with E-state index in [9.17, 15) is 14.4 Å². The molecule has 32 heavy (non-hydrogen) atoms. The number of methoxy groups -OCH3 is 1. The van der Waals surface area contributed by atoms with Gasteiger partial charge in [0.1, 0.15) is 5.65 Å². The van der Waals surface area contributed by atoms with Crippen LogP contribution < -0.4 is 4.90 Å². The van der Waals surface area contributed by atoms with Gasteiger partial charge in [0.2, 0.25) is 5.78 Å². The number of Topliss-reactive ketones (excluding diaryl/α,β-unsaturated/α-hetero) is 1. The van der Waals surface area contributed by atoms with Crippen LogP contribution in [0.3, 0.4) is 0 Å². The van der Waals surface area contributed by atoms with Gasteiger partial charge in [0.25, 0.3) is 5.91 Å². The second-order valence-electron chi connectivity index (χ2n) is 7.34. The molecule has 0 saturated heterocycles. The van der Waals surface area contributed by atoms with E-state index in [0.29, 0.717) is 41.6 Å². The third-order valence-corrected chi connectivity index (χ3v) is 5.69. The molecule has 0 fully saturated rings. The van der Waals surface area contributed by atoms with Crippen molar-refractivity contribution < 1.29 is 19.1 Å². The molecule has 0 radical (unpaired) electrons. The van der Waals surface area contributed by atoms with Crippen molar-refractivity contribution in [1.82, 2.24) is 14.9 Å². The zero-order valence-electron chi connectivity index (χ0n) is 17.6. The number of nitrogens with zero attached hydrogens (tertiary/aromatic N) is 3. The van der Waals surface area contributed by atoms with Crippen molar-refractivity contribution >= 4 is 57.4 Å². The number of pyridine rings is 1. The summed E-state index contributed by atoms with van der Waals surface area (Å²) in [7, 11) is 1.31. The summed E-state index contributed by atoms with van der Waals surface area (Å²) in [5, 5.41) is 1.22. The maximum Gasteiger partial charge on any atom is 0.418 e. The number of aromatic amines is 1. The van der Waals surface area contributed by atoms with Crippen LogP contribution in [0.1, 0.15) is 18.9 Å². The van der Waals surface area contributed by atoms with E-state index in [1.54, 1.807) is 30.5 Å². The number of nitrogens with one attached hydrogen (secondary N) is 1. The molecule has 0 spiro atoms. The molecule has 3 heterocycles. The molecule has 0 bridgehead atoms. The summed E-state index contributed by atoms with van der Waals surface area (Å²) in [4.78, 5) is 46.5. The van der Waals surface area contributed by atoms with Crippen molar-refractivity contribution in [3.8, 4) is 0 Å². The van der Waals surface area contributed by atoms with E-state index in [-0.39, 0.29) is 0 Å². The first kappa shape index (κ1) is 21.6. The number of carbonyl (C=O) groups is 3. The van der Waals surface area contributed by atoms with E-state index in [0.717, 1.165) is 16.5 Å². The highest BCUT2D eigenvalue weighted by molar-refractivity contribution is 6.35. The number of para-hydroxylation sites is 1. The van der Waals surface area contributed by atoms with Crippen LogP contribution in [0.25, 0.3) is 16.6 Å². The molecule has 1 N–H and O–H groups in total. The number of amides is 2. The van der Waals surface area contributed by atoms with Gasteiger partial charge in [-0.25, -0.2) is 14.7 Å². The number of benzene rings is 1. The molecule has 0 atom stereocenters. The molecule has 8 nitrogen and oxygen atoms in total. The highest BCUT2D eigenvalue weighted by atomic mass is 35.5. The van der Waals surface area contributed by atoms with Crippen LogP contribution >= 0.6 is 11.6 Å². The Bertz CT molecular complexity index is 1250. The molecule has 1 aliphatic heterocycles. The van der Waals surface area contributed by atoms with Crippen molar-refractivity contribution in [3.63, 3.8) is 0 Å². The topological polar surface area (TPSA) is 95.6 Å². The van der Waals surface area contributed by atoms with Gasteiger partial charge in [-0.1, -0.05) is 29.8 Å². The maximum atomic E-state index is 12.6. The number of H-pyrrole nitrogens is 1. The Morgan fingerprint density at radius 3 is 2.69 bits per heavy atom. The number of hydrogen-bond donors (Lipinski definition) is 1. The summed E-state index contributed by atoms with van der Waals surface area (Å²) in [5.41, 5.74) is 3.60. The Morgan fingerprint density at radius 1 is 1.25 bits per heavy atom. The van der Waals surface area contributed by atoms with Crippen LogP contribution in [-0.4, -0.2) is 52.9 Å². The van der Waals surface area contributed by atoms with Crippen molar-refractivity contribution in [1.29, 1.82) is 0 Å². The van der Waals surface area contributed by atoms with E-state index < -0.39 is 17.8 Å². The normalized spacial score (nSPS) is 13.6. The molecule has 0 saturated carbocycles. The maximum absolute atomic E-state index is 12.6. The van der Waals surface area contributed by atoms with Crippen LogP contribution in [0.15, 0.2) is 48.8 Å². The van der Waals surface area contributed by atoms with E-state index in [1.807, 2.05) is 18.3 Å². The number of carbonyl (C=O) groups excluding carboxylic acids is 3. The predicted octanol–water partition coefficient (Wildman–Crippen LogP) is 4.33. The zero-order valence-corrected chi connectivity index (χ0v) is 18.3. The second-order valence-corrected chi connectivity index (χ2v) is 7.74. The second kappa shape index (κ2) is 8.84. The molecule has 4 rings (SSSR count). The van der Waals surface area contributed by atoms with E-state index in [2.05, 4.69) is 9.97 Å².